The van der Waals surface area contributed by atoms with Crippen molar-refractivity contribution in [3.63, 3.8) is 0 Å². The molecule has 1 aliphatic heterocycles. The first kappa shape index (κ1) is 14.1. The van der Waals surface area contributed by atoms with E-state index in [1.165, 1.54) is 0 Å². The van der Waals surface area contributed by atoms with Gasteiger partial charge in [0.25, 0.3) is 0 Å². The Hall–Kier alpha value is -1.33. The number of hydrogen-bond donors (Lipinski definition) is 1. The fourth-order valence-electron chi connectivity index (χ4n) is 2.64. The van der Waals surface area contributed by atoms with Gasteiger partial charge in [-0.3, -0.25) is 4.79 Å². The van der Waals surface area contributed by atoms with Crippen LogP contribution in [0.25, 0.3) is 0 Å². The van der Waals surface area contributed by atoms with Crippen LogP contribution >= 0.6 is 0 Å². The highest BCUT2D eigenvalue weighted by Crippen LogP contribution is 2.32. The predicted octanol–water partition coefficient (Wildman–Crippen LogP) is 1.90. The minimum absolute atomic E-state index is 0.533. The number of ether oxygens (including phenoxy) is 1. The molecule has 1 N–H and O–H groups in total. The van der Waals surface area contributed by atoms with E-state index in [9.17, 15) is 9.90 Å². The largest absolute Gasteiger partial charge is 0.481 e. The highest BCUT2D eigenvalue weighted by molar-refractivity contribution is 5.75. The lowest BCUT2D eigenvalue weighted by molar-refractivity contribution is -0.156. The zero-order valence-electron chi connectivity index (χ0n) is 11.5. The predicted molar refractivity (Wildman–Crippen MR) is 69.9 cm³/mol. The van der Waals surface area contributed by atoms with Gasteiger partial charge in [-0.25, -0.2) is 0 Å². The Kier molecular flexibility index (Phi) is 4.27. The zero-order chi connectivity index (χ0) is 13.9. The summed E-state index contributed by atoms with van der Waals surface area (Å²) in [4.78, 5) is 13.6. The number of carboxylic acids is 1. The molecule has 1 aromatic heterocycles. The van der Waals surface area contributed by atoms with Crippen LogP contribution in [0.15, 0.2) is 16.7 Å². The fraction of sp³-hybridized carbons (Fsp3) is 0.643. The van der Waals surface area contributed by atoms with Gasteiger partial charge in [-0.2, -0.15) is 0 Å². The van der Waals surface area contributed by atoms with Crippen LogP contribution in [0, 0.1) is 12.3 Å². The number of carbonyl (C=O) groups is 1. The van der Waals surface area contributed by atoms with Crippen molar-refractivity contribution in [3.8, 4) is 0 Å². The highest BCUT2D eigenvalue weighted by Gasteiger charge is 2.41. The standard InChI is InChI=1S/C14H21NO4/c1-11-12(3-6-19-11)9-15(2)10-14(13(16)17)4-7-18-8-5-14/h3,6H,4-5,7-10H2,1-2H3,(H,16,17). The average molecular weight is 267 g/mol. The minimum atomic E-state index is -0.716. The van der Waals surface area contributed by atoms with E-state index in [1.807, 2.05) is 20.0 Å². The van der Waals surface area contributed by atoms with Crippen LogP contribution in [0.2, 0.25) is 0 Å². The van der Waals surface area contributed by atoms with Gasteiger partial charge in [0.05, 0.1) is 11.7 Å². The van der Waals surface area contributed by atoms with Crippen LogP contribution in [0.3, 0.4) is 0 Å². The average Bonchev–Trinajstić information content (AvgIpc) is 2.76. The maximum absolute atomic E-state index is 11.6. The third-order valence-corrected chi connectivity index (χ3v) is 3.88. The second kappa shape index (κ2) is 5.75. The smallest absolute Gasteiger partial charge is 0.311 e. The number of aliphatic carboxylic acids is 1. The molecule has 1 saturated heterocycles. The van der Waals surface area contributed by atoms with Crippen LogP contribution in [0.4, 0.5) is 0 Å². The topological polar surface area (TPSA) is 62.9 Å². The third kappa shape index (κ3) is 3.16. The molecule has 0 bridgehead atoms. The number of furan rings is 1. The van der Waals surface area contributed by atoms with Crippen LogP contribution in [-0.2, 0) is 16.1 Å². The molecular weight excluding hydrogens is 246 g/mol. The molecule has 106 valence electrons. The molecule has 1 aliphatic rings. The maximum Gasteiger partial charge on any atom is 0.311 e. The second-order valence-electron chi connectivity index (χ2n) is 5.37. The molecule has 1 fully saturated rings. The highest BCUT2D eigenvalue weighted by atomic mass is 16.5. The number of nitrogens with zero attached hydrogens (tertiary/aromatic N) is 1. The van der Waals surface area contributed by atoms with E-state index in [2.05, 4.69) is 4.90 Å². The van der Waals surface area contributed by atoms with Crippen LogP contribution in [0.1, 0.15) is 24.2 Å². The molecule has 19 heavy (non-hydrogen) atoms. The SMILES string of the molecule is Cc1occc1CN(C)CC1(C(=O)O)CCOCC1. The van der Waals surface area contributed by atoms with Crippen LogP contribution in [-0.4, -0.2) is 42.8 Å². The Balaban J connectivity index is 2.01. The van der Waals surface area contributed by atoms with Crippen molar-refractivity contribution >= 4 is 5.97 Å². The third-order valence-electron chi connectivity index (χ3n) is 3.88. The van der Waals surface area contributed by atoms with Gasteiger partial charge in [0.2, 0.25) is 0 Å². The van der Waals surface area contributed by atoms with Gasteiger partial charge >= 0.3 is 5.97 Å². The van der Waals surface area contributed by atoms with Gasteiger partial charge in [0.1, 0.15) is 5.76 Å². The summed E-state index contributed by atoms with van der Waals surface area (Å²) in [5.41, 5.74) is 0.431. The Morgan fingerprint density at radius 2 is 2.16 bits per heavy atom. The van der Waals surface area contributed by atoms with Crippen molar-refractivity contribution in [3.05, 3.63) is 23.7 Å². The molecule has 0 atom stereocenters. The minimum Gasteiger partial charge on any atom is -0.481 e. The van der Waals surface area contributed by atoms with Crippen LogP contribution < -0.4 is 0 Å². The van der Waals surface area contributed by atoms with Gasteiger partial charge in [0, 0.05) is 31.9 Å². The first-order valence-electron chi connectivity index (χ1n) is 6.56. The van der Waals surface area contributed by atoms with Crippen LogP contribution in [0.5, 0.6) is 0 Å². The van der Waals surface area contributed by atoms with E-state index in [1.54, 1.807) is 6.26 Å². The van der Waals surface area contributed by atoms with E-state index >= 15 is 0 Å². The van der Waals surface area contributed by atoms with E-state index in [0.717, 1.165) is 11.3 Å². The monoisotopic (exact) mass is 267 g/mol. The Morgan fingerprint density at radius 1 is 1.47 bits per heavy atom. The van der Waals surface area contributed by atoms with Crippen molar-refractivity contribution in [2.75, 3.05) is 26.8 Å². The molecule has 0 spiro atoms. The Labute approximate surface area is 113 Å². The number of hydrogen-bond acceptors (Lipinski definition) is 4. The van der Waals surface area contributed by atoms with Crippen molar-refractivity contribution in [1.29, 1.82) is 0 Å². The quantitative estimate of drug-likeness (QED) is 0.882. The summed E-state index contributed by atoms with van der Waals surface area (Å²) >= 11 is 0. The van der Waals surface area contributed by atoms with Crippen molar-refractivity contribution in [1.82, 2.24) is 4.90 Å². The first-order valence-corrected chi connectivity index (χ1v) is 6.56. The molecule has 0 saturated carbocycles. The molecule has 5 heteroatoms. The molecular formula is C14H21NO4. The Morgan fingerprint density at radius 3 is 2.68 bits per heavy atom. The van der Waals surface area contributed by atoms with Gasteiger partial charge in [-0.05, 0) is 32.9 Å². The first-order chi connectivity index (χ1) is 9.03. The molecule has 0 aromatic carbocycles. The van der Waals surface area contributed by atoms with Crippen molar-refractivity contribution < 1.29 is 19.1 Å². The molecule has 2 heterocycles. The summed E-state index contributed by atoms with van der Waals surface area (Å²) in [7, 11) is 1.95. The van der Waals surface area contributed by atoms with Gasteiger partial charge in [-0.1, -0.05) is 0 Å². The Bertz CT molecular complexity index is 434. The summed E-state index contributed by atoms with van der Waals surface area (Å²) in [6, 6.07) is 1.93. The molecule has 0 amide bonds. The second-order valence-corrected chi connectivity index (χ2v) is 5.37. The summed E-state index contributed by atoms with van der Waals surface area (Å²) < 4.78 is 10.5. The number of rotatable bonds is 5. The number of carboxylic acid groups (broad SMARTS) is 1. The number of aryl methyl sites for hydroxylation is 1. The van der Waals surface area contributed by atoms with Gasteiger partial charge in [0.15, 0.2) is 0 Å². The summed E-state index contributed by atoms with van der Waals surface area (Å²) in [5, 5.41) is 9.52. The summed E-state index contributed by atoms with van der Waals surface area (Å²) in [6.07, 6.45) is 2.83. The maximum atomic E-state index is 11.6. The van der Waals surface area contributed by atoms with E-state index in [0.29, 0.717) is 39.1 Å². The molecule has 1 aromatic rings. The molecule has 0 unspecified atom stereocenters. The molecule has 0 aliphatic carbocycles. The lowest BCUT2D eigenvalue weighted by Gasteiger charge is -2.36. The lowest BCUT2D eigenvalue weighted by atomic mass is 9.80. The summed E-state index contributed by atoms with van der Waals surface area (Å²) in [6.45, 7) is 4.23. The normalized spacial score (nSPS) is 18.7. The van der Waals surface area contributed by atoms with E-state index in [-0.39, 0.29) is 0 Å². The van der Waals surface area contributed by atoms with E-state index in [4.69, 9.17) is 9.15 Å². The van der Waals surface area contributed by atoms with E-state index < -0.39 is 11.4 Å². The lowest BCUT2D eigenvalue weighted by Crippen LogP contribution is -2.45. The molecule has 2 rings (SSSR count). The van der Waals surface area contributed by atoms with Crippen molar-refractivity contribution in [2.24, 2.45) is 5.41 Å². The van der Waals surface area contributed by atoms with Gasteiger partial charge < -0.3 is 19.2 Å². The van der Waals surface area contributed by atoms with Gasteiger partial charge in [-0.15, -0.1) is 0 Å². The zero-order valence-corrected chi connectivity index (χ0v) is 11.5. The summed E-state index contributed by atoms with van der Waals surface area (Å²) in [5.74, 6) is 0.176. The van der Waals surface area contributed by atoms with Crippen molar-refractivity contribution in [2.45, 2.75) is 26.3 Å². The molecule has 0 radical (unpaired) electrons. The molecule has 5 nitrogen and oxygen atoms in total. The fourth-order valence-corrected chi connectivity index (χ4v) is 2.64.